The minimum atomic E-state index is -0.615. The lowest BCUT2D eigenvalue weighted by molar-refractivity contribution is 0.240. The fraction of sp³-hybridized carbons (Fsp3) is 1.00. The number of unbranched alkanes of at least 4 members (excludes halogenated alkanes) is 8. The molecule has 0 atom stereocenters. The van der Waals surface area contributed by atoms with E-state index in [-0.39, 0.29) is 0 Å². The van der Waals surface area contributed by atoms with Crippen molar-refractivity contribution in [3.05, 3.63) is 0 Å². The van der Waals surface area contributed by atoms with Crippen LogP contribution in [-0.2, 0) is 9.05 Å². The molecule has 0 aromatic heterocycles. The van der Waals surface area contributed by atoms with Crippen LogP contribution in [0.3, 0.4) is 0 Å². The van der Waals surface area contributed by atoms with Gasteiger partial charge in [0.25, 0.3) is 0 Å². The summed E-state index contributed by atoms with van der Waals surface area (Å²) >= 11 is 0. The molecule has 0 spiro atoms. The smallest absolute Gasteiger partial charge is 0.170 e. The van der Waals surface area contributed by atoms with E-state index >= 15 is 0 Å². The van der Waals surface area contributed by atoms with Crippen molar-refractivity contribution in [2.24, 2.45) is 0 Å². The second-order valence-corrected chi connectivity index (χ2v) is 7.18. The van der Waals surface area contributed by atoms with Crippen LogP contribution in [0.15, 0.2) is 0 Å². The molecule has 0 unspecified atom stereocenters. The van der Waals surface area contributed by atoms with Gasteiger partial charge in [-0.05, 0) is 19.3 Å². The molecular weight excluding hydrogens is 267 g/mol. The second-order valence-electron chi connectivity index (χ2n) is 5.55. The fourth-order valence-corrected chi connectivity index (χ4v) is 3.53. The first-order valence-corrected chi connectivity index (χ1v) is 10.2. The minimum absolute atomic E-state index is 0.615. The van der Waals surface area contributed by atoms with Crippen molar-refractivity contribution in [2.75, 3.05) is 19.4 Å². The van der Waals surface area contributed by atoms with Gasteiger partial charge < -0.3 is 9.05 Å². The van der Waals surface area contributed by atoms with Crippen LogP contribution < -0.4 is 0 Å². The molecule has 0 fully saturated rings. The Bertz CT molecular complexity index is 164. The maximum Gasteiger partial charge on any atom is 0.170 e. The summed E-state index contributed by atoms with van der Waals surface area (Å²) in [6, 6.07) is 0. The maximum absolute atomic E-state index is 5.97. The fourth-order valence-electron chi connectivity index (χ4n) is 2.05. The van der Waals surface area contributed by atoms with Crippen LogP contribution in [0.5, 0.6) is 0 Å². The summed E-state index contributed by atoms with van der Waals surface area (Å²) < 4.78 is 11.9. The van der Waals surface area contributed by atoms with Crippen molar-refractivity contribution in [1.82, 2.24) is 0 Å². The SMILES string of the molecule is CCCCCCCP(OCCCCC)OCCCCC. The molecule has 0 saturated carbocycles. The Morgan fingerprint density at radius 2 is 1.00 bits per heavy atom. The topological polar surface area (TPSA) is 18.5 Å². The highest BCUT2D eigenvalue weighted by Gasteiger charge is 2.10. The number of hydrogen-bond acceptors (Lipinski definition) is 2. The van der Waals surface area contributed by atoms with Gasteiger partial charge in [0, 0.05) is 6.16 Å². The van der Waals surface area contributed by atoms with Crippen LogP contribution in [0.25, 0.3) is 0 Å². The monoisotopic (exact) mass is 304 g/mol. The molecule has 0 amide bonds. The molecule has 0 aliphatic rings. The van der Waals surface area contributed by atoms with Gasteiger partial charge in [0.1, 0.15) is 0 Å². The third kappa shape index (κ3) is 14.8. The molecule has 0 N–H and O–H groups in total. The van der Waals surface area contributed by atoms with Crippen LogP contribution in [0.4, 0.5) is 0 Å². The van der Waals surface area contributed by atoms with Gasteiger partial charge in [0.2, 0.25) is 0 Å². The molecule has 0 rings (SSSR count). The summed E-state index contributed by atoms with van der Waals surface area (Å²) in [5, 5.41) is 0. The summed E-state index contributed by atoms with van der Waals surface area (Å²) in [7, 11) is -0.615. The number of rotatable bonds is 16. The van der Waals surface area contributed by atoms with Crippen molar-refractivity contribution in [1.29, 1.82) is 0 Å². The third-order valence-electron chi connectivity index (χ3n) is 3.41. The third-order valence-corrected chi connectivity index (χ3v) is 5.03. The molecule has 0 aromatic rings. The molecular formula is C17H37O2P. The van der Waals surface area contributed by atoms with Crippen LogP contribution in [0, 0.1) is 0 Å². The second kappa shape index (κ2) is 17.4. The summed E-state index contributed by atoms with van der Waals surface area (Å²) in [5.41, 5.74) is 0. The normalized spacial score (nSPS) is 11.4. The van der Waals surface area contributed by atoms with Gasteiger partial charge in [0.05, 0.1) is 13.2 Å². The highest BCUT2D eigenvalue weighted by atomic mass is 31.2. The molecule has 2 nitrogen and oxygen atoms in total. The highest BCUT2D eigenvalue weighted by Crippen LogP contribution is 2.40. The molecule has 3 heteroatoms. The molecule has 0 aliphatic carbocycles. The van der Waals surface area contributed by atoms with E-state index in [0.717, 1.165) is 19.4 Å². The first kappa shape index (κ1) is 20.3. The Labute approximate surface area is 128 Å². The van der Waals surface area contributed by atoms with E-state index in [9.17, 15) is 0 Å². The standard InChI is InChI=1S/C17H37O2P/c1-4-7-10-11-14-17-20(18-15-12-8-5-2)19-16-13-9-6-3/h4-17H2,1-3H3. The van der Waals surface area contributed by atoms with Gasteiger partial charge in [-0.25, -0.2) is 0 Å². The van der Waals surface area contributed by atoms with Gasteiger partial charge >= 0.3 is 0 Å². The van der Waals surface area contributed by atoms with Crippen molar-refractivity contribution in [3.63, 3.8) is 0 Å². The molecule has 0 aliphatic heterocycles. The van der Waals surface area contributed by atoms with E-state index in [1.165, 1.54) is 70.6 Å². The largest absolute Gasteiger partial charge is 0.334 e. The number of hydrogen-bond donors (Lipinski definition) is 0. The zero-order chi connectivity index (χ0) is 14.9. The Kier molecular flexibility index (Phi) is 17.7. The van der Waals surface area contributed by atoms with Gasteiger partial charge in [-0.15, -0.1) is 0 Å². The predicted octanol–water partition coefficient (Wildman–Crippen LogP) is 6.68. The van der Waals surface area contributed by atoms with E-state index in [0.29, 0.717) is 0 Å². The average molecular weight is 304 g/mol. The van der Waals surface area contributed by atoms with E-state index < -0.39 is 8.38 Å². The Morgan fingerprint density at radius 1 is 0.550 bits per heavy atom. The Balaban J connectivity index is 3.67. The van der Waals surface area contributed by atoms with Gasteiger partial charge in [-0.2, -0.15) is 0 Å². The Hall–Kier alpha value is 0.350. The molecule has 0 saturated heterocycles. The lowest BCUT2D eigenvalue weighted by Gasteiger charge is -2.17. The molecule has 20 heavy (non-hydrogen) atoms. The zero-order valence-electron chi connectivity index (χ0n) is 14.2. The highest BCUT2D eigenvalue weighted by molar-refractivity contribution is 7.47. The summed E-state index contributed by atoms with van der Waals surface area (Å²) in [4.78, 5) is 0. The molecule has 0 radical (unpaired) electrons. The molecule has 122 valence electrons. The van der Waals surface area contributed by atoms with E-state index in [1.54, 1.807) is 0 Å². The van der Waals surface area contributed by atoms with Gasteiger partial charge in [-0.3, -0.25) is 0 Å². The molecule has 0 aromatic carbocycles. The minimum Gasteiger partial charge on any atom is -0.334 e. The lowest BCUT2D eigenvalue weighted by Crippen LogP contribution is -1.99. The first-order chi connectivity index (χ1) is 9.85. The quantitative estimate of drug-likeness (QED) is 0.234. The van der Waals surface area contributed by atoms with Crippen LogP contribution in [0.2, 0.25) is 0 Å². The Morgan fingerprint density at radius 3 is 1.50 bits per heavy atom. The molecule has 0 bridgehead atoms. The summed E-state index contributed by atoms with van der Waals surface area (Å²) in [6.07, 6.45) is 15.2. The van der Waals surface area contributed by atoms with Gasteiger partial charge in [-0.1, -0.05) is 72.1 Å². The van der Waals surface area contributed by atoms with E-state index in [4.69, 9.17) is 9.05 Å². The lowest BCUT2D eigenvalue weighted by atomic mass is 10.2. The van der Waals surface area contributed by atoms with Crippen LogP contribution >= 0.6 is 8.38 Å². The molecule has 0 heterocycles. The predicted molar refractivity (Wildman–Crippen MR) is 91.5 cm³/mol. The van der Waals surface area contributed by atoms with E-state index in [2.05, 4.69) is 20.8 Å². The van der Waals surface area contributed by atoms with Crippen molar-refractivity contribution in [3.8, 4) is 0 Å². The van der Waals surface area contributed by atoms with Crippen molar-refractivity contribution in [2.45, 2.75) is 91.4 Å². The maximum atomic E-state index is 5.97. The van der Waals surface area contributed by atoms with E-state index in [1.807, 2.05) is 0 Å². The summed E-state index contributed by atoms with van der Waals surface area (Å²) in [6.45, 7) is 8.51. The van der Waals surface area contributed by atoms with Crippen LogP contribution in [-0.4, -0.2) is 19.4 Å². The van der Waals surface area contributed by atoms with Crippen molar-refractivity contribution >= 4 is 8.38 Å². The van der Waals surface area contributed by atoms with Crippen LogP contribution in [0.1, 0.15) is 91.4 Å². The zero-order valence-corrected chi connectivity index (χ0v) is 15.1. The van der Waals surface area contributed by atoms with Gasteiger partial charge in [0.15, 0.2) is 8.38 Å². The summed E-state index contributed by atoms with van der Waals surface area (Å²) in [5.74, 6) is 0. The first-order valence-electron chi connectivity index (χ1n) is 8.88. The average Bonchev–Trinajstić information content (AvgIpc) is 2.47. The van der Waals surface area contributed by atoms with Crippen molar-refractivity contribution < 1.29 is 9.05 Å².